The molecule has 0 saturated carbocycles. The van der Waals surface area contributed by atoms with Crippen molar-refractivity contribution in [2.24, 2.45) is 0 Å². The second kappa shape index (κ2) is 7.22. The SMILES string of the molecule is FC(F)(F)CCCNCc1cc(Cl)c2c(c1)OCCCO2. The molecule has 1 aliphatic heterocycles. The number of hydrogen-bond acceptors (Lipinski definition) is 3. The van der Waals surface area contributed by atoms with Gasteiger partial charge in [-0.2, -0.15) is 13.2 Å². The fraction of sp³-hybridized carbons (Fsp3) is 0.571. The molecule has 0 aromatic heterocycles. The lowest BCUT2D eigenvalue weighted by Gasteiger charge is -2.12. The number of halogens is 4. The average molecular weight is 324 g/mol. The fourth-order valence-electron chi connectivity index (χ4n) is 2.03. The Labute approximate surface area is 126 Å². The highest BCUT2D eigenvalue weighted by Gasteiger charge is 2.25. The summed E-state index contributed by atoms with van der Waals surface area (Å²) in [6.45, 7) is 1.85. The predicted molar refractivity (Wildman–Crippen MR) is 74.1 cm³/mol. The van der Waals surface area contributed by atoms with Gasteiger partial charge in [-0.3, -0.25) is 0 Å². The molecule has 0 radical (unpaired) electrons. The van der Waals surface area contributed by atoms with Crippen LogP contribution in [0.15, 0.2) is 12.1 Å². The van der Waals surface area contributed by atoms with Crippen molar-refractivity contribution in [2.45, 2.75) is 32.0 Å². The number of benzene rings is 1. The van der Waals surface area contributed by atoms with Crippen LogP contribution in [-0.2, 0) is 6.54 Å². The summed E-state index contributed by atoms with van der Waals surface area (Å²) >= 11 is 6.14. The molecule has 2 rings (SSSR count). The minimum Gasteiger partial charge on any atom is -0.489 e. The van der Waals surface area contributed by atoms with Gasteiger partial charge in [0.2, 0.25) is 0 Å². The van der Waals surface area contributed by atoms with E-state index in [-0.39, 0.29) is 6.42 Å². The molecule has 1 heterocycles. The third-order valence-corrected chi connectivity index (χ3v) is 3.29. The molecule has 1 N–H and O–H groups in total. The van der Waals surface area contributed by atoms with Crippen molar-refractivity contribution in [1.29, 1.82) is 0 Å². The van der Waals surface area contributed by atoms with Gasteiger partial charge in [-0.1, -0.05) is 11.6 Å². The van der Waals surface area contributed by atoms with E-state index in [2.05, 4.69) is 5.32 Å². The third-order valence-electron chi connectivity index (χ3n) is 3.00. The van der Waals surface area contributed by atoms with E-state index in [1.807, 2.05) is 6.07 Å². The molecule has 21 heavy (non-hydrogen) atoms. The van der Waals surface area contributed by atoms with Crippen LogP contribution in [-0.4, -0.2) is 25.9 Å². The molecule has 0 saturated heterocycles. The van der Waals surface area contributed by atoms with Crippen LogP contribution in [0, 0.1) is 0 Å². The van der Waals surface area contributed by atoms with Crippen molar-refractivity contribution in [3.63, 3.8) is 0 Å². The standard InChI is InChI=1S/C14H17ClF3NO2/c15-11-7-10(9-19-4-1-3-14(16,17)18)8-12-13(11)21-6-2-5-20-12/h7-8,19H,1-6,9H2. The summed E-state index contributed by atoms with van der Waals surface area (Å²) in [6.07, 6.45) is -4.03. The summed E-state index contributed by atoms with van der Waals surface area (Å²) in [5.74, 6) is 1.13. The summed E-state index contributed by atoms with van der Waals surface area (Å²) in [5.41, 5.74) is 0.858. The molecule has 0 spiro atoms. The van der Waals surface area contributed by atoms with E-state index >= 15 is 0 Å². The molecule has 0 aliphatic carbocycles. The second-order valence-electron chi connectivity index (χ2n) is 4.85. The Balaban J connectivity index is 1.86. The van der Waals surface area contributed by atoms with E-state index in [1.165, 1.54) is 0 Å². The molecule has 0 unspecified atom stereocenters. The molecular weight excluding hydrogens is 307 g/mol. The van der Waals surface area contributed by atoms with Crippen molar-refractivity contribution < 1.29 is 22.6 Å². The van der Waals surface area contributed by atoms with Gasteiger partial charge in [0, 0.05) is 19.4 Å². The number of fused-ring (bicyclic) bond motifs is 1. The highest BCUT2D eigenvalue weighted by atomic mass is 35.5. The van der Waals surface area contributed by atoms with Gasteiger partial charge in [0.15, 0.2) is 11.5 Å². The second-order valence-corrected chi connectivity index (χ2v) is 5.26. The Bertz CT molecular complexity index is 480. The van der Waals surface area contributed by atoms with E-state index in [0.29, 0.717) is 42.8 Å². The van der Waals surface area contributed by atoms with Gasteiger partial charge in [0.25, 0.3) is 0 Å². The van der Waals surface area contributed by atoms with E-state index in [0.717, 1.165) is 12.0 Å². The monoisotopic (exact) mass is 323 g/mol. The first-order valence-corrected chi connectivity index (χ1v) is 7.19. The van der Waals surface area contributed by atoms with E-state index in [9.17, 15) is 13.2 Å². The molecule has 0 bridgehead atoms. The van der Waals surface area contributed by atoms with Crippen LogP contribution in [0.3, 0.4) is 0 Å². The Morgan fingerprint density at radius 1 is 1.19 bits per heavy atom. The van der Waals surface area contributed by atoms with Crippen LogP contribution >= 0.6 is 11.6 Å². The number of ether oxygens (including phenoxy) is 2. The van der Waals surface area contributed by atoms with Gasteiger partial charge in [-0.05, 0) is 30.7 Å². The summed E-state index contributed by atoms with van der Waals surface area (Å²) < 4.78 is 47.1. The molecule has 0 atom stereocenters. The number of alkyl halides is 3. The van der Waals surface area contributed by atoms with Crippen LogP contribution in [0.2, 0.25) is 5.02 Å². The molecule has 0 fully saturated rings. The van der Waals surface area contributed by atoms with Crippen LogP contribution in [0.1, 0.15) is 24.8 Å². The van der Waals surface area contributed by atoms with Gasteiger partial charge in [0.05, 0.1) is 18.2 Å². The first-order valence-electron chi connectivity index (χ1n) is 6.81. The van der Waals surface area contributed by atoms with Gasteiger partial charge in [0.1, 0.15) is 0 Å². The van der Waals surface area contributed by atoms with Gasteiger partial charge in [-0.25, -0.2) is 0 Å². The number of hydrogen-bond donors (Lipinski definition) is 1. The van der Waals surface area contributed by atoms with Crippen molar-refractivity contribution in [3.05, 3.63) is 22.7 Å². The van der Waals surface area contributed by atoms with Gasteiger partial charge < -0.3 is 14.8 Å². The lowest BCUT2D eigenvalue weighted by Crippen LogP contribution is -2.17. The molecule has 118 valence electrons. The Morgan fingerprint density at radius 2 is 1.95 bits per heavy atom. The maximum Gasteiger partial charge on any atom is 0.389 e. The largest absolute Gasteiger partial charge is 0.489 e. The van der Waals surface area contributed by atoms with Crippen molar-refractivity contribution in [2.75, 3.05) is 19.8 Å². The van der Waals surface area contributed by atoms with Gasteiger partial charge in [-0.15, -0.1) is 0 Å². The third kappa shape index (κ3) is 5.28. The van der Waals surface area contributed by atoms with Crippen LogP contribution in [0.4, 0.5) is 13.2 Å². The minimum atomic E-state index is -4.10. The number of nitrogens with one attached hydrogen (secondary N) is 1. The molecule has 1 aromatic rings. The van der Waals surface area contributed by atoms with Crippen molar-refractivity contribution in [1.82, 2.24) is 5.32 Å². The van der Waals surface area contributed by atoms with Crippen LogP contribution in [0.5, 0.6) is 11.5 Å². The summed E-state index contributed by atoms with van der Waals surface area (Å²) in [4.78, 5) is 0. The quantitative estimate of drug-likeness (QED) is 0.833. The first-order chi connectivity index (χ1) is 9.96. The van der Waals surface area contributed by atoms with Crippen molar-refractivity contribution in [3.8, 4) is 11.5 Å². The lowest BCUT2D eigenvalue weighted by atomic mass is 10.2. The zero-order chi connectivity index (χ0) is 15.3. The van der Waals surface area contributed by atoms with E-state index in [1.54, 1.807) is 6.07 Å². The molecule has 3 nitrogen and oxygen atoms in total. The van der Waals surface area contributed by atoms with Crippen LogP contribution < -0.4 is 14.8 Å². The predicted octanol–water partition coefficient (Wildman–Crippen LogP) is 3.93. The normalized spacial score (nSPS) is 14.9. The smallest absolute Gasteiger partial charge is 0.389 e. The molecule has 1 aromatic carbocycles. The molecular formula is C14H17ClF3NO2. The minimum absolute atomic E-state index is 0.0573. The van der Waals surface area contributed by atoms with E-state index in [4.69, 9.17) is 21.1 Å². The van der Waals surface area contributed by atoms with Crippen molar-refractivity contribution >= 4 is 11.6 Å². The Hall–Kier alpha value is -1.14. The maximum atomic E-state index is 12.0. The molecule has 7 heteroatoms. The zero-order valence-corrected chi connectivity index (χ0v) is 12.2. The Kier molecular flexibility index (Phi) is 5.58. The van der Waals surface area contributed by atoms with Crippen LogP contribution in [0.25, 0.3) is 0 Å². The lowest BCUT2D eigenvalue weighted by molar-refractivity contribution is -0.135. The molecule has 1 aliphatic rings. The highest BCUT2D eigenvalue weighted by molar-refractivity contribution is 6.32. The topological polar surface area (TPSA) is 30.5 Å². The average Bonchev–Trinajstić information content (AvgIpc) is 2.62. The summed E-state index contributed by atoms with van der Waals surface area (Å²) in [7, 11) is 0. The van der Waals surface area contributed by atoms with E-state index < -0.39 is 12.6 Å². The fourth-order valence-corrected chi connectivity index (χ4v) is 2.32. The summed E-state index contributed by atoms with van der Waals surface area (Å²) in [5, 5.41) is 3.43. The van der Waals surface area contributed by atoms with Gasteiger partial charge >= 0.3 is 6.18 Å². The zero-order valence-electron chi connectivity index (χ0n) is 11.4. The highest BCUT2D eigenvalue weighted by Crippen LogP contribution is 2.37. The maximum absolute atomic E-state index is 12.0. The Morgan fingerprint density at radius 3 is 2.71 bits per heavy atom. The summed E-state index contributed by atoms with van der Waals surface area (Å²) in [6, 6.07) is 3.55. The first kappa shape index (κ1) is 16.2. The molecule has 0 amide bonds. The number of rotatable bonds is 5.